The van der Waals surface area contributed by atoms with E-state index in [0.29, 0.717) is 21.6 Å². The van der Waals surface area contributed by atoms with Crippen molar-refractivity contribution < 1.29 is 8.78 Å². The number of fused-ring (bicyclic) bond motifs is 1. The highest BCUT2D eigenvalue weighted by atomic mass is 35.5. The van der Waals surface area contributed by atoms with Gasteiger partial charge in [-0.2, -0.15) is 5.10 Å². The highest BCUT2D eigenvalue weighted by Gasteiger charge is 2.23. The fourth-order valence-electron chi connectivity index (χ4n) is 2.76. The zero-order valence-corrected chi connectivity index (χ0v) is 16.0. The number of rotatable bonds is 2. The van der Waals surface area contributed by atoms with Crippen LogP contribution in [0.5, 0.6) is 0 Å². The average Bonchev–Trinajstić information content (AvgIpc) is 2.64. The Kier molecular flexibility index (Phi) is 5.04. The number of allylic oxidation sites excluding steroid dienone is 1. The van der Waals surface area contributed by atoms with Gasteiger partial charge in [0.15, 0.2) is 0 Å². The molecule has 0 fully saturated rings. The maximum atomic E-state index is 13.9. The lowest BCUT2D eigenvalue weighted by molar-refractivity contribution is 0.565. The number of thioether (sulfide) groups is 1. The topological polar surface area (TPSA) is 28.0 Å². The van der Waals surface area contributed by atoms with Crippen LogP contribution in [0.2, 0.25) is 10.0 Å². The van der Waals surface area contributed by atoms with Gasteiger partial charge < -0.3 is 0 Å². The van der Waals surface area contributed by atoms with Crippen LogP contribution < -0.4 is 0 Å². The zero-order chi connectivity index (χ0) is 19.0. The minimum absolute atomic E-state index is 0.288. The summed E-state index contributed by atoms with van der Waals surface area (Å²) >= 11 is 13.8. The van der Waals surface area contributed by atoms with Crippen molar-refractivity contribution in [2.45, 2.75) is 4.90 Å². The van der Waals surface area contributed by atoms with Crippen molar-refractivity contribution in [3.05, 3.63) is 81.5 Å². The van der Waals surface area contributed by atoms with Crippen molar-refractivity contribution in [3.63, 3.8) is 0 Å². The van der Waals surface area contributed by atoms with Crippen LogP contribution in [0.3, 0.4) is 0 Å². The molecule has 27 heavy (non-hydrogen) atoms. The monoisotopic (exact) mass is 421 g/mol. The van der Waals surface area contributed by atoms with Crippen LogP contribution >= 0.6 is 35.0 Å². The van der Waals surface area contributed by atoms with Crippen molar-refractivity contribution in [1.82, 2.24) is 5.01 Å². The molecule has 0 bridgehead atoms. The molecule has 2 aliphatic rings. The first-order valence-corrected chi connectivity index (χ1v) is 9.46. The summed E-state index contributed by atoms with van der Waals surface area (Å²) < 4.78 is 27.0. The lowest BCUT2D eigenvalue weighted by atomic mass is 10.0. The van der Waals surface area contributed by atoms with Gasteiger partial charge in [0.1, 0.15) is 23.0 Å². The summed E-state index contributed by atoms with van der Waals surface area (Å²) in [6.45, 7) is 0.421. The second-order valence-electron chi connectivity index (χ2n) is 5.71. The number of hydrogen-bond acceptors (Lipinski definition) is 4. The second-order valence-corrected chi connectivity index (χ2v) is 7.59. The number of hydrazone groups is 1. The van der Waals surface area contributed by atoms with Crippen molar-refractivity contribution in [1.29, 1.82) is 0 Å². The summed E-state index contributed by atoms with van der Waals surface area (Å²) in [5.41, 5.74) is 2.37. The van der Waals surface area contributed by atoms with Gasteiger partial charge in [-0.15, -0.1) is 0 Å². The van der Waals surface area contributed by atoms with Gasteiger partial charge in [0, 0.05) is 32.1 Å². The number of nitrogens with zero attached hydrogens (tertiary/aromatic N) is 3. The van der Waals surface area contributed by atoms with Gasteiger partial charge >= 0.3 is 0 Å². The third kappa shape index (κ3) is 3.65. The SMILES string of the molecule is Fc1ccc(SC2=NN3C=NCC(c4c(Cl)cccc4Cl)=C3C=C2)c(F)c1. The van der Waals surface area contributed by atoms with Gasteiger partial charge in [-0.1, -0.05) is 41.0 Å². The molecule has 4 rings (SSSR count). The van der Waals surface area contributed by atoms with E-state index in [9.17, 15) is 8.78 Å². The number of halogens is 4. The molecular formula is C19H11Cl2F2N3S. The van der Waals surface area contributed by atoms with Crippen molar-refractivity contribution in [3.8, 4) is 0 Å². The molecule has 0 unspecified atom stereocenters. The third-order valence-electron chi connectivity index (χ3n) is 3.96. The second kappa shape index (κ2) is 7.46. The van der Waals surface area contributed by atoms with E-state index in [4.69, 9.17) is 23.2 Å². The Bertz CT molecular complexity index is 1030. The lowest BCUT2D eigenvalue weighted by Gasteiger charge is -2.26. The Balaban J connectivity index is 1.67. The molecule has 0 aromatic heterocycles. The molecule has 0 saturated heterocycles. The summed E-state index contributed by atoms with van der Waals surface area (Å²) in [6.07, 6.45) is 5.22. The summed E-state index contributed by atoms with van der Waals surface area (Å²) in [5.74, 6) is -1.25. The molecule has 0 amide bonds. The quantitative estimate of drug-likeness (QED) is 0.594. The predicted molar refractivity (Wildman–Crippen MR) is 107 cm³/mol. The molecule has 0 radical (unpaired) electrons. The van der Waals surface area contributed by atoms with Crippen molar-refractivity contribution in [2.75, 3.05) is 6.54 Å². The van der Waals surface area contributed by atoms with Crippen LogP contribution in [0, 0.1) is 11.6 Å². The van der Waals surface area contributed by atoms with E-state index in [2.05, 4.69) is 10.1 Å². The Hall–Kier alpha value is -2.15. The van der Waals surface area contributed by atoms with Crippen molar-refractivity contribution >= 4 is 51.9 Å². The Morgan fingerprint density at radius 2 is 1.81 bits per heavy atom. The minimum atomic E-state index is -0.631. The van der Waals surface area contributed by atoms with Crippen LogP contribution in [0.15, 0.2) is 69.2 Å². The minimum Gasteiger partial charge on any atom is -0.269 e. The fraction of sp³-hybridized carbons (Fsp3) is 0.0526. The predicted octanol–water partition coefficient (Wildman–Crippen LogP) is 6.00. The molecule has 0 saturated carbocycles. The first kappa shape index (κ1) is 18.2. The molecule has 0 aliphatic carbocycles. The van der Waals surface area contributed by atoms with E-state index in [1.165, 1.54) is 12.1 Å². The molecule has 8 heteroatoms. The highest BCUT2D eigenvalue weighted by molar-refractivity contribution is 8.14. The van der Waals surface area contributed by atoms with Crippen LogP contribution in [0.25, 0.3) is 5.57 Å². The van der Waals surface area contributed by atoms with Gasteiger partial charge in [0.05, 0.1) is 12.2 Å². The van der Waals surface area contributed by atoms with Crippen molar-refractivity contribution in [2.24, 2.45) is 10.1 Å². The fourth-order valence-corrected chi connectivity index (χ4v) is 4.16. The highest BCUT2D eigenvalue weighted by Crippen LogP contribution is 2.37. The average molecular weight is 422 g/mol. The largest absolute Gasteiger partial charge is 0.269 e. The lowest BCUT2D eigenvalue weighted by Crippen LogP contribution is -2.24. The van der Waals surface area contributed by atoms with Gasteiger partial charge in [0.2, 0.25) is 0 Å². The van der Waals surface area contributed by atoms with Gasteiger partial charge in [0.25, 0.3) is 0 Å². The number of hydrogen-bond donors (Lipinski definition) is 0. The van der Waals surface area contributed by atoms with Crippen LogP contribution in [-0.4, -0.2) is 22.9 Å². The summed E-state index contributed by atoms with van der Waals surface area (Å²) in [4.78, 5) is 4.61. The van der Waals surface area contributed by atoms with Gasteiger partial charge in [-0.05, 0) is 36.4 Å². The molecule has 0 spiro atoms. The Morgan fingerprint density at radius 3 is 2.56 bits per heavy atom. The van der Waals surface area contributed by atoms with Crippen LogP contribution in [-0.2, 0) is 0 Å². The van der Waals surface area contributed by atoms with E-state index in [1.807, 2.05) is 6.08 Å². The van der Waals surface area contributed by atoms with E-state index in [-0.39, 0.29) is 4.90 Å². The van der Waals surface area contributed by atoms with E-state index < -0.39 is 11.6 Å². The molecule has 2 aromatic carbocycles. The zero-order valence-electron chi connectivity index (χ0n) is 13.7. The van der Waals surface area contributed by atoms with E-state index in [0.717, 1.165) is 34.7 Å². The first-order chi connectivity index (χ1) is 13.0. The number of benzene rings is 2. The number of aliphatic imine (C=N–C) groups is 1. The van der Waals surface area contributed by atoms with Gasteiger partial charge in [-0.25, -0.2) is 13.8 Å². The summed E-state index contributed by atoms with van der Waals surface area (Å²) in [6, 6.07) is 8.77. The first-order valence-electron chi connectivity index (χ1n) is 7.89. The molecule has 2 aromatic rings. The molecule has 2 heterocycles. The van der Waals surface area contributed by atoms with Crippen LogP contribution in [0.1, 0.15) is 5.56 Å². The molecule has 2 aliphatic heterocycles. The van der Waals surface area contributed by atoms with Crippen LogP contribution in [0.4, 0.5) is 8.78 Å². The Morgan fingerprint density at radius 1 is 1.04 bits per heavy atom. The molecule has 3 nitrogen and oxygen atoms in total. The summed E-state index contributed by atoms with van der Waals surface area (Å²) in [7, 11) is 0. The molecule has 0 N–H and O–H groups in total. The summed E-state index contributed by atoms with van der Waals surface area (Å²) in [5, 5.41) is 7.68. The maximum Gasteiger partial charge on any atom is 0.140 e. The third-order valence-corrected chi connectivity index (χ3v) is 5.57. The molecule has 0 atom stereocenters. The molecular weight excluding hydrogens is 411 g/mol. The van der Waals surface area contributed by atoms with Gasteiger partial charge in [-0.3, -0.25) is 4.99 Å². The smallest absolute Gasteiger partial charge is 0.140 e. The van der Waals surface area contributed by atoms with E-state index in [1.54, 1.807) is 35.6 Å². The normalized spacial score (nSPS) is 15.9. The Labute approximate surface area is 168 Å². The molecule has 136 valence electrons. The van der Waals surface area contributed by atoms with E-state index >= 15 is 0 Å². The standard InChI is InChI=1S/C19H11Cl2F2N3S/c20-13-2-1-3-14(21)19(13)12-9-24-10-26-16(12)5-7-18(25-26)27-17-6-4-11(22)8-15(17)23/h1-8,10H,9H2. The maximum absolute atomic E-state index is 13.9.